The second kappa shape index (κ2) is 4.81. The maximum atomic E-state index is 13.0. The third-order valence-corrected chi connectivity index (χ3v) is 4.53. The molecule has 2 aromatic rings. The Morgan fingerprint density at radius 2 is 2.25 bits per heavy atom. The van der Waals surface area contributed by atoms with Crippen LogP contribution in [0.15, 0.2) is 23.1 Å². The quantitative estimate of drug-likeness (QED) is 0.844. The fourth-order valence-electron chi connectivity index (χ4n) is 1.22. The second-order valence-corrected chi connectivity index (χ2v) is 5.80. The van der Waals surface area contributed by atoms with E-state index in [1.165, 1.54) is 23.6 Å². The van der Waals surface area contributed by atoms with Gasteiger partial charge in [0.25, 0.3) is 0 Å². The number of thiazole rings is 1. The number of hydrogen-bond acceptors (Lipinski definition) is 4. The van der Waals surface area contributed by atoms with E-state index < -0.39 is 0 Å². The van der Waals surface area contributed by atoms with Crippen molar-refractivity contribution in [3.05, 3.63) is 33.8 Å². The van der Waals surface area contributed by atoms with Crippen LogP contribution >= 0.6 is 39.9 Å². The molecule has 0 aliphatic heterocycles. The third-order valence-electron chi connectivity index (χ3n) is 1.94. The summed E-state index contributed by atoms with van der Waals surface area (Å²) in [5.41, 5.74) is 0.686. The molecule has 0 fully saturated rings. The molecule has 84 valence electrons. The summed E-state index contributed by atoms with van der Waals surface area (Å²) in [6.45, 7) is 1.97. The molecule has 0 saturated carbocycles. The number of aromatic nitrogens is 2. The normalized spacial score (nSPS) is 12.8. The molecule has 0 radical (unpaired) electrons. The van der Waals surface area contributed by atoms with E-state index in [9.17, 15) is 4.39 Å². The Hall–Kier alpha value is -0.460. The highest BCUT2D eigenvalue weighted by atomic mass is 79.9. The van der Waals surface area contributed by atoms with Gasteiger partial charge >= 0.3 is 0 Å². The first-order valence-corrected chi connectivity index (χ1v) is 6.65. The van der Waals surface area contributed by atoms with Crippen LogP contribution in [0, 0.1) is 5.82 Å². The van der Waals surface area contributed by atoms with Gasteiger partial charge in [-0.25, -0.2) is 9.37 Å². The van der Waals surface area contributed by atoms with Crippen molar-refractivity contribution in [3.8, 4) is 10.6 Å². The molecule has 0 amide bonds. The molecule has 2 heterocycles. The summed E-state index contributed by atoms with van der Waals surface area (Å²) in [5.74, 6) is -0.357. The van der Waals surface area contributed by atoms with Gasteiger partial charge in [-0.15, -0.1) is 11.3 Å². The largest absolute Gasteiger partial charge is 0.261 e. The third kappa shape index (κ3) is 2.44. The predicted octanol–water partition coefficient (Wildman–Crippen LogP) is 4.10. The molecular weight excluding hydrogens is 311 g/mol. The van der Waals surface area contributed by atoms with E-state index in [0.717, 1.165) is 14.5 Å². The lowest BCUT2D eigenvalue weighted by molar-refractivity contribution is 0.622. The van der Waals surface area contributed by atoms with Crippen LogP contribution in [0.25, 0.3) is 10.6 Å². The zero-order valence-electron chi connectivity index (χ0n) is 8.32. The summed E-state index contributed by atoms with van der Waals surface area (Å²) in [7, 11) is 0. The van der Waals surface area contributed by atoms with E-state index in [2.05, 4.69) is 38.5 Å². The maximum absolute atomic E-state index is 13.0. The summed E-state index contributed by atoms with van der Waals surface area (Å²) in [5, 5.41) is 0.844. The van der Waals surface area contributed by atoms with Gasteiger partial charge in [-0.2, -0.15) is 12.6 Å². The summed E-state index contributed by atoms with van der Waals surface area (Å²) in [6.07, 6.45) is 2.77. The molecular formula is C10H8BrFN2S2. The number of rotatable bonds is 2. The predicted molar refractivity (Wildman–Crippen MR) is 70.4 cm³/mol. The van der Waals surface area contributed by atoms with E-state index in [0.29, 0.717) is 5.56 Å². The molecule has 0 N–H and O–H groups in total. The van der Waals surface area contributed by atoms with Gasteiger partial charge in [0.05, 0.1) is 11.1 Å². The first-order valence-electron chi connectivity index (χ1n) is 4.53. The number of thiol groups is 1. The Balaban J connectivity index is 2.45. The van der Waals surface area contributed by atoms with Crippen LogP contribution in [0.3, 0.4) is 0 Å². The zero-order valence-corrected chi connectivity index (χ0v) is 11.6. The SMILES string of the molecule is CC(S)c1sc(-c2cncc(F)c2)nc1Br. The lowest BCUT2D eigenvalue weighted by Gasteiger charge is -1.97. The Morgan fingerprint density at radius 3 is 2.81 bits per heavy atom. The van der Waals surface area contributed by atoms with Crippen molar-refractivity contribution in [3.63, 3.8) is 0 Å². The minimum atomic E-state index is -0.357. The van der Waals surface area contributed by atoms with E-state index in [1.807, 2.05) is 6.92 Å². The fourth-order valence-corrected chi connectivity index (χ4v) is 3.44. The molecule has 2 nitrogen and oxygen atoms in total. The summed E-state index contributed by atoms with van der Waals surface area (Å²) in [4.78, 5) is 9.15. The molecule has 0 aliphatic carbocycles. The Morgan fingerprint density at radius 1 is 1.50 bits per heavy atom. The van der Waals surface area contributed by atoms with Crippen molar-refractivity contribution in [1.82, 2.24) is 9.97 Å². The van der Waals surface area contributed by atoms with Crippen molar-refractivity contribution < 1.29 is 4.39 Å². The van der Waals surface area contributed by atoms with E-state index >= 15 is 0 Å². The van der Waals surface area contributed by atoms with Crippen molar-refractivity contribution in [2.45, 2.75) is 12.2 Å². The fraction of sp³-hybridized carbons (Fsp3) is 0.200. The molecule has 16 heavy (non-hydrogen) atoms. The molecule has 6 heteroatoms. The van der Waals surface area contributed by atoms with Crippen molar-refractivity contribution >= 4 is 39.9 Å². The molecule has 2 aromatic heterocycles. The number of pyridine rings is 1. The summed E-state index contributed by atoms with van der Waals surface area (Å²) in [6, 6.07) is 1.42. The van der Waals surface area contributed by atoms with Crippen LogP contribution in [-0.2, 0) is 0 Å². The first-order chi connectivity index (χ1) is 7.58. The van der Waals surface area contributed by atoms with E-state index in [1.54, 1.807) is 6.20 Å². The first kappa shape index (κ1) is 12.0. The maximum Gasteiger partial charge on any atom is 0.142 e. The van der Waals surface area contributed by atoms with Gasteiger partial charge in [-0.3, -0.25) is 4.98 Å². The molecule has 0 spiro atoms. The van der Waals surface area contributed by atoms with Crippen molar-refractivity contribution in [2.24, 2.45) is 0 Å². The second-order valence-electron chi connectivity index (χ2n) is 3.24. The highest BCUT2D eigenvalue weighted by molar-refractivity contribution is 9.10. The van der Waals surface area contributed by atoms with Crippen LogP contribution in [0.1, 0.15) is 17.1 Å². The monoisotopic (exact) mass is 318 g/mol. The van der Waals surface area contributed by atoms with Crippen LogP contribution in [-0.4, -0.2) is 9.97 Å². The summed E-state index contributed by atoms with van der Waals surface area (Å²) >= 11 is 9.21. The standard InChI is InChI=1S/C10H8BrFN2S2/c1-5(15)8-9(11)14-10(16-8)6-2-7(12)4-13-3-6/h2-5,15H,1H3. The lowest BCUT2D eigenvalue weighted by atomic mass is 10.3. The molecule has 1 atom stereocenters. The Labute approximate surface area is 110 Å². The molecule has 0 aromatic carbocycles. The van der Waals surface area contributed by atoms with Gasteiger partial charge in [-0.05, 0) is 28.9 Å². The molecule has 2 rings (SSSR count). The molecule has 0 saturated heterocycles. The number of hydrogen-bond donors (Lipinski definition) is 1. The van der Waals surface area contributed by atoms with Gasteiger partial charge in [-0.1, -0.05) is 0 Å². The van der Waals surface area contributed by atoms with Gasteiger partial charge in [0.1, 0.15) is 15.4 Å². The Kier molecular flexibility index (Phi) is 3.61. The van der Waals surface area contributed by atoms with Gasteiger partial charge in [0, 0.05) is 17.0 Å². The smallest absolute Gasteiger partial charge is 0.142 e. The van der Waals surface area contributed by atoms with Crippen LogP contribution in [0.2, 0.25) is 0 Å². The minimum absolute atomic E-state index is 0.0992. The number of nitrogens with zero attached hydrogens (tertiary/aromatic N) is 2. The molecule has 1 unspecified atom stereocenters. The van der Waals surface area contributed by atoms with Crippen LogP contribution < -0.4 is 0 Å². The topological polar surface area (TPSA) is 25.8 Å². The minimum Gasteiger partial charge on any atom is -0.261 e. The van der Waals surface area contributed by atoms with Crippen molar-refractivity contribution in [1.29, 1.82) is 0 Å². The molecule has 0 aliphatic rings. The Bertz CT molecular complexity index is 513. The molecule has 0 bridgehead atoms. The van der Waals surface area contributed by atoms with Crippen molar-refractivity contribution in [2.75, 3.05) is 0 Å². The number of halogens is 2. The zero-order chi connectivity index (χ0) is 11.7. The van der Waals surface area contributed by atoms with Crippen LogP contribution in [0.5, 0.6) is 0 Å². The van der Waals surface area contributed by atoms with E-state index in [-0.39, 0.29) is 11.1 Å². The highest BCUT2D eigenvalue weighted by Crippen LogP contribution is 2.36. The summed E-state index contributed by atoms with van der Waals surface area (Å²) < 4.78 is 13.8. The average molecular weight is 319 g/mol. The van der Waals surface area contributed by atoms with Gasteiger partial charge < -0.3 is 0 Å². The van der Waals surface area contributed by atoms with Gasteiger partial charge in [0.2, 0.25) is 0 Å². The van der Waals surface area contributed by atoms with E-state index in [4.69, 9.17) is 0 Å². The lowest BCUT2D eigenvalue weighted by Crippen LogP contribution is -1.81. The van der Waals surface area contributed by atoms with Gasteiger partial charge in [0.15, 0.2) is 0 Å². The average Bonchev–Trinajstić information content (AvgIpc) is 2.60. The highest BCUT2D eigenvalue weighted by Gasteiger charge is 2.14. The van der Waals surface area contributed by atoms with Crippen LogP contribution in [0.4, 0.5) is 4.39 Å².